The second-order valence-electron chi connectivity index (χ2n) is 4.39. The van der Waals surface area contributed by atoms with Gasteiger partial charge in [-0.05, 0) is 32.4 Å². The standard InChI is InChI=1S/C14H20O5S/c1-4-6-13(14(15)18-5-2)19-20(16,17)12-9-7-11(3)8-10-12/h7-10,13H,4-6H2,1-3H3/t13-/m1/s1. The summed E-state index contributed by atoms with van der Waals surface area (Å²) in [7, 11) is -3.96. The molecule has 0 fully saturated rings. The van der Waals surface area contributed by atoms with Crippen molar-refractivity contribution in [2.24, 2.45) is 0 Å². The van der Waals surface area contributed by atoms with Gasteiger partial charge in [-0.15, -0.1) is 0 Å². The normalized spacial score (nSPS) is 12.9. The maximum absolute atomic E-state index is 12.1. The van der Waals surface area contributed by atoms with E-state index in [9.17, 15) is 13.2 Å². The van der Waals surface area contributed by atoms with E-state index in [0.29, 0.717) is 12.8 Å². The molecule has 0 amide bonds. The first-order valence-corrected chi connectivity index (χ1v) is 7.98. The highest BCUT2D eigenvalue weighted by molar-refractivity contribution is 7.86. The Morgan fingerprint density at radius 1 is 1.20 bits per heavy atom. The lowest BCUT2D eigenvalue weighted by molar-refractivity contribution is -0.151. The molecule has 0 spiro atoms. The molecule has 20 heavy (non-hydrogen) atoms. The van der Waals surface area contributed by atoms with Gasteiger partial charge in [-0.3, -0.25) is 4.18 Å². The average molecular weight is 300 g/mol. The summed E-state index contributed by atoms with van der Waals surface area (Å²) in [5.74, 6) is -0.648. The fraction of sp³-hybridized carbons (Fsp3) is 0.500. The minimum atomic E-state index is -3.96. The Balaban J connectivity index is 2.91. The van der Waals surface area contributed by atoms with Gasteiger partial charge in [-0.25, -0.2) is 4.79 Å². The van der Waals surface area contributed by atoms with Gasteiger partial charge in [0.2, 0.25) is 0 Å². The summed E-state index contributed by atoms with van der Waals surface area (Å²) in [5, 5.41) is 0. The average Bonchev–Trinajstić information content (AvgIpc) is 2.39. The topological polar surface area (TPSA) is 69.7 Å². The number of rotatable bonds is 7. The molecule has 5 nitrogen and oxygen atoms in total. The summed E-state index contributed by atoms with van der Waals surface area (Å²) < 4.78 is 34.1. The van der Waals surface area contributed by atoms with Gasteiger partial charge in [0.25, 0.3) is 10.1 Å². The number of aryl methyl sites for hydroxylation is 1. The Hall–Kier alpha value is -1.40. The third-order valence-corrected chi connectivity index (χ3v) is 3.99. The molecule has 0 saturated heterocycles. The van der Waals surface area contributed by atoms with Crippen molar-refractivity contribution < 1.29 is 22.1 Å². The summed E-state index contributed by atoms with van der Waals surface area (Å²) in [6.07, 6.45) is -0.178. The van der Waals surface area contributed by atoms with Crippen LogP contribution in [0.4, 0.5) is 0 Å². The van der Waals surface area contributed by atoms with Crippen molar-refractivity contribution >= 4 is 16.1 Å². The summed E-state index contributed by atoms with van der Waals surface area (Å²) >= 11 is 0. The Morgan fingerprint density at radius 3 is 2.30 bits per heavy atom. The molecule has 0 heterocycles. The van der Waals surface area contributed by atoms with Crippen LogP contribution < -0.4 is 0 Å². The number of ether oxygens (including phenoxy) is 1. The predicted octanol–water partition coefficient (Wildman–Crippen LogP) is 2.43. The van der Waals surface area contributed by atoms with Gasteiger partial charge in [-0.2, -0.15) is 8.42 Å². The molecule has 1 aromatic carbocycles. The fourth-order valence-corrected chi connectivity index (χ4v) is 2.68. The van der Waals surface area contributed by atoms with Crippen LogP contribution in [0.2, 0.25) is 0 Å². The highest BCUT2D eigenvalue weighted by Crippen LogP contribution is 2.17. The third-order valence-electron chi connectivity index (χ3n) is 2.65. The molecular formula is C14H20O5S. The van der Waals surface area contributed by atoms with E-state index in [-0.39, 0.29) is 11.5 Å². The molecular weight excluding hydrogens is 280 g/mol. The largest absolute Gasteiger partial charge is 0.464 e. The van der Waals surface area contributed by atoms with Crippen LogP contribution in [0.3, 0.4) is 0 Å². The number of hydrogen-bond donors (Lipinski definition) is 0. The van der Waals surface area contributed by atoms with Crippen molar-refractivity contribution in [1.82, 2.24) is 0 Å². The second-order valence-corrected chi connectivity index (χ2v) is 5.96. The number of hydrogen-bond acceptors (Lipinski definition) is 5. The van der Waals surface area contributed by atoms with Gasteiger partial charge >= 0.3 is 5.97 Å². The van der Waals surface area contributed by atoms with Gasteiger partial charge in [0, 0.05) is 0 Å². The van der Waals surface area contributed by atoms with Crippen molar-refractivity contribution in [2.45, 2.75) is 44.6 Å². The van der Waals surface area contributed by atoms with E-state index >= 15 is 0 Å². The number of esters is 1. The van der Waals surface area contributed by atoms with Crippen LogP contribution in [-0.2, 0) is 23.8 Å². The lowest BCUT2D eigenvalue weighted by Crippen LogP contribution is -2.29. The van der Waals surface area contributed by atoms with Gasteiger partial charge in [0.1, 0.15) is 0 Å². The van der Waals surface area contributed by atoms with Crippen LogP contribution in [0.5, 0.6) is 0 Å². The van der Waals surface area contributed by atoms with E-state index in [1.165, 1.54) is 12.1 Å². The minimum Gasteiger partial charge on any atom is -0.464 e. The SMILES string of the molecule is CCC[C@@H](OS(=O)(=O)c1ccc(C)cc1)C(=O)OCC. The number of carbonyl (C=O) groups is 1. The van der Waals surface area contributed by atoms with Crippen molar-refractivity contribution in [3.05, 3.63) is 29.8 Å². The lowest BCUT2D eigenvalue weighted by atomic mass is 10.2. The van der Waals surface area contributed by atoms with Gasteiger partial charge < -0.3 is 4.74 Å². The highest BCUT2D eigenvalue weighted by atomic mass is 32.2. The van der Waals surface area contributed by atoms with Crippen LogP contribution >= 0.6 is 0 Å². The predicted molar refractivity (Wildman–Crippen MR) is 74.8 cm³/mol. The molecule has 0 aromatic heterocycles. The van der Waals surface area contributed by atoms with Crippen molar-refractivity contribution in [3.8, 4) is 0 Å². The maximum Gasteiger partial charge on any atom is 0.336 e. The smallest absolute Gasteiger partial charge is 0.336 e. The van der Waals surface area contributed by atoms with Crippen molar-refractivity contribution in [3.63, 3.8) is 0 Å². The van der Waals surface area contributed by atoms with E-state index in [0.717, 1.165) is 5.56 Å². The van der Waals surface area contributed by atoms with Crippen LogP contribution in [-0.4, -0.2) is 27.1 Å². The minimum absolute atomic E-state index is 0.0356. The van der Waals surface area contributed by atoms with Gasteiger partial charge in [0.05, 0.1) is 11.5 Å². The molecule has 1 aromatic rings. The first kappa shape index (κ1) is 16.7. The summed E-state index contributed by atoms with van der Waals surface area (Å²) in [5.41, 5.74) is 0.944. The maximum atomic E-state index is 12.1. The van der Waals surface area contributed by atoms with Gasteiger partial charge in [0.15, 0.2) is 6.10 Å². The zero-order valence-corrected chi connectivity index (χ0v) is 12.8. The van der Waals surface area contributed by atoms with E-state index in [4.69, 9.17) is 8.92 Å². The molecule has 0 saturated carbocycles. The van der Waals surface area contributed by atoms with Gasteiger partial charge in [-0.1, -0.05) is 31.0 Å². The van der Waals surface area contributed by atoms with Crippen LogP contribution in [0, 0.1) is 6.92 Å². The van der Waals surface area contributed by atoms with Crippen LogP contribution in [0.25, 0.3) is 0 Å². The first-order valence-electron chi connectivity index (χ1n) is 6.57. The number of carbonyl (C=O) groups excluding carboxylic acids is 1. The molecule has 0 aliphatic carbocycles. The molecule has 0 aliphatic rings. The highest BCUT2D eigenvalue weighted by Gasteiger charge is 2.27. The molecule has 0 N–H and O–H groups in total. The Morgan fingerprint density at radius 2 is 1.80 bits per heavy atom. The molecule has 0 aliphatic heterocycles. The summed E-state index contributed by atoms with van der Waals surface area (Å²) in [6, 6.07) is 6.27. The molecule has 1 rings (SSSR count). The quantitative estimate of drug-likeness (QED) is 0.571. The van der Waals surface area contributed by atoms with Crippen molar-refractivity contribution in [2.75, 3.05) is 6.61 Å². The van der Waals surface area contributed by atoms with Crippen molar-refractivity contribution in [1.29, 1.82) is 0 Å². The molecule has 1 atom stereocenters. The van der Waals surface area contributed by atoms with E-state index in [1.54, 1.807) is 19.1 Å². The number of benzene rings is 1. The summed E-state index contributed by atoms with van der Waals surface area (Å²) in [4.78, 5) is 11.7. The molecule has 0 bridgehead atoms. The molecule has 112 valence electrons. The molecule has 6 heteroatoms. The monoisotopic (exact) mass is 300 g/mol. The lowest BCUT2D eigenvalue weighted by Gasteiger charge is -2.15. The van der Waals surface area contributed by atoms with E-state index < -0.39 is 22.2 Å². The van der Waals surface area contributed by atoms with Crippen LogP contribution in [0.1, 0.15) is 32.3 Å². The van der Waals surface area contributed by atoms with Crippen LogP contribution in [0.15, 0.2) is 29.2 Å². The molecule has 0 radical (unpaired) electrons. The fourth-order valence-electron chi connectivity index (χ4n) is 1.62. The Kier molecular flexibility index (Phi) is 6.16. The molecule has 0 unspecified atom stereocenters. The first-order chi connectivity index (χ1) is 9.40. The zero-order chi connectivity index (χ0) is 15.2. The zero-order valence-electron chi connectivity index (χ0n) is 12.0. The Bertz CT molecular complexity index is 533. The second kappa shape index (κ2) is 7.40. The third kappa shape index (κ3) is 4.61. The van der Waals surface area contributed by atoms with E-state index in [1.807, 2.05) is 13.8 Å². The van der Waals surface area contributed by atoms with E-state index in [2.05, 4.69) is 0 Å². The summed E-state index contributed by atoms with van der Waals surface area (Å²) in [6.45, 7) is 5.55. The Labute approximate surface area is 120 Å².